The summed E-state index contributed by atoms with van der Waals surface area (Å²) in [4.78, 5) is 28.8. The van der Waals surface area contributed by atoms with Crippen molar-refractivity contribution in [1.29, 1.82) is 5.41 Å². The van der Waals surface area contributed by atoms with E-state index in [0.29, 0.717) is 48.6 Å². The van der Waals surface area contributed by atoms with Gasteiger partial charge in [-0.3, -0.25) is 15.1 Å². The van der Waals surface area contributed by atoms with Gasteiger partial charge in [0, 0.05) is 36.2 Å². The molecular weight excluding hydrogens is 437 g/mol. The van der Waals surface area contributed by atoms with Crippen molar-refractivity contribution in [1.82, 2.24) is 20.4 Å². The Morgan fingerprint density at radius 1 is 1.32 bits per heavy atom. The Labute approximate surface area is 193 Å². The number of hydrogen-bond acceptors (Lipinski definition) is 3. The number of carbonyl (C=O) groups is 2. The number of hydrogen-bond donors (Lipinski definition) is 3. The topological polar surface area (TPSA) is 88.5 Å². The van der Waals surface area contributed by atoms with E-state index in [1.165, 1.54) is 0 Å². The zero-order valence-corrected chi connectivity index (χ0v) is 19.8. The molecule has 1 aromatic rings. The first-order valence-electron chi connectivity index (χ1n) is 10.7. The summed E-state index contributed by atoms with van der Waals surface area (Å²) in [5.74, 6) is 0.792. The molecule has 1 unspecified atom stereocenters. The molecule has 2 aliphatic heterocycles. The molecule has 0 aromatic heterocycles. The number of urea groups is 1. The van der Waals surface area contributed by atoms with Crippen LogP contribution in [0.4, 0.5) is 4.79 Å². The lowest BCUT2D eigenvalue weighted by Crippen LogP contribution is -2.47. The molecule has 0 aliphatic carbocycles. The molecule has 3 N–H and O–H groups in total. The fourth-order valence-corrected chi connectivity index (χ4v) is 4.91. The van der Waals surface area contributed by atoms with E-state index in [9.17, 15) is 9.59 Å². The van der Waals surface area contributed by atoms with Crippen LogP contribution in [-0.4, -0.2) is 52.9 Å². The number of nitrogens with one attached hydrogen (secondary N) is 3. The number of rotatable bonds is 6. The maximum Gasteiger partial charge on any atom is 0.317 e. The highest BCUT2D eigenvalue weighted by Gasteiger charge is 2.46. The van der Waals surface area contributed by atoms with Gasteiger partial charge < -0.3 is 15.5 Å². The molecular formula is C22H31Cl2N5O2. The van der Waals surface area contributed by atoms with Crippen LogP contribution in [0.15, 0.2) is 18.2 Å². The standard InChI is InChI=1S/C22H31Cl2N5O2/c1-14(2)11-22(3)19(30)29(20(25)27-22)13-15-6-8-28(9-7-15)21(31)26-12-16-4-5-17(23)10-18(16)24/h4-5,10,14-15H,6-9,11-13H2,1-3H3,(H2,25,27)(H,26,31). The Bertz CT molecular complexity index is 854. The van der Waals surface area contributed by atoms with Gasteiger partial charge in [-0.05, 0) is 55.7 Å². The van der Waals surface area contributed by atoms with E-state index >= 15 is 0 Å². The Kier molecular flexibility index (Phi) is 7.37. The zero-order valence-electron chi connectivity index (χ0n) is 18.3. The third-order valence-corrected chi connectivity index (χ3v) is 6.57. The molecule has 0 saturated carbocycles. The van der Waals surface area contributed by atoms with Gasteiger partial charge in [0.05, 0.1) is 0 Å². The number of guanidine groups is 1. The molecule has 7 nitrogen and oxygen atoms in total. The number of halogens is 2. The van der Waals surface area contributed by atoms with Crippen molar-refractivity contribution in [2.24, 2.45) is 11.8 Å². The number of likely N-dealkylation sites (tertiary alicyclic amines) is 1. The molecule has 31 heavy (non-hydrogen) atoms. The van der Waals surface area contributed by atoms with Crippen LogP contribution in [-0.2, 0) is 11.3 Å². The summed E-state index contributed by atoms with van der Waals surface area (Å²) in [5.41, 5.74) is 0.117. The van der Waals surface area contributed by atoms with Gasteiger partial charge >= 0.3 is 6.03 Å². The van der Waals surface area contributed by atoms with Gasteiger partial charge in [-0.1, -0.05) is 43.1 Å². The van der Waals surface area contributed by atoms with Crippen LogP contribution < -0.4 is 10.6 Å². The number of amides is 3. The molecule has 2 fully saturated rings. The third kappa shape index (κ3) is 5.63. The second-order valence-corrected chi connectivity index (χ2v) is 9.99. The second-order valence-electron chi connectivity index (χ2n) is 9.14. The van der Waals surface area contributed by atoms with Gasteiger partial charge in [0.15, 0.2) is 5.96 Å². The van der Waals surface area contributed by atoms with Crippen LogP contribution in [0.5, 0.6) is 0 Å². The van der Waals surface area contributed by atoms with E-state index in [0.717, 1.165) is 18.4 Å². The van der Waals surface area contributed by atoms with Crippen molar-refractivity contribution in [2.45, 2.75) is 52.1 Å². The first-order valence-corrected chi connectivity index (χ1v) is 11.5. The monoisotopic (exact) mass is 467 g/mol. The molecule has 9 heteroatoms. The van der Waals surface area contributed by atoms with E-state index in [1.54, 1.807) is 28.0 Å². The largest absolute Gasteiger partial charge is 0.342 e. The highest BCUT2D eigenvalue weighted by Crippen LogP contribution is 2.27. The SMILES string of the molecule is CC(C)CC1(C)NC(=N)N(CC2CCN(C(=O)NCc3ccc(Cl)cc3Cl)CC2)C1=O. The number of benzene rings is 1. The van der Waals surface area contributed by atoms with Crippen molar-refractivity contribution < 1.29 is 9.59 Å². The summed E-state index contributed by atoms with van der Waals surface area (Å²) in [6.45, 7) is 8.14. The lowest BCUT2D eigenvalue weighted by molar-refractivity contribution is -0.131. The predicted octanol–water partition coefficient (Wildman–Crippen LogP) is 4.09. The van der Waals surface area contributed by atoms with E-state index in [-0.39, 0.29) is 23.8 Å². The summed E-state index contributed by atoms with van der Waals surface area (Å²) in [6.07, 6.45) is 2.29. The van der Waals surface area contributed by atoms with Crippen molar-refractivity contribution in [3.8, 4) is 0 Å². The van der Waals surface area contributed by atoms with Crippen LogP contribution in [0, 0.1) is 17.2 Å². The summed E-state index contributed by atoms with van der Waals surface area (Å²) >= 11 is 12.1. The normalized spacial score (nSPS) is 22.3. The van der Waals surface area contributed by atoms with Crippen LogP contribution >= 0.6 is 23.2 Å². The highest BCUT2D eigenvalue weighted by atomic mass is 35.5. The van der Waals surface area contributed by atoms with E-state index in [1.807, 2.05) is 6.92 Å². The molecule has 0 spiro atoms. The van der Waals surface area contributed by atoms with E-state index < -0.39 is 5.54 Å². The van der Waals surface area contributed by atoms with Gasteiger partial charge in [-0.25, -0.2) is 4.79 Å². The quantitative estimate of drug-likeness (QED) is 0.588. The minimum absolute atomic E-state index is 0.0220. The molecule has 0 radical (unpaired) electrons. The first-order chi connectivity index (χ1) is 14.6. The van der Waals surface area contributed by atoms with Gasteiger partial charge in [-0.15, -0.1) is 0 Å². The molecule has 1 aromatic carbocycles. The lowest BCUT2D eigenvalue weighted by Gasteiger charge is -2.33. The average Bonchev–Trinajstić information content (AvgIpc) is 2.89. The van der Waals surface area contributed by atoms with Crippen LogP contribution in [0.3, 0.4) is 0 Å². The molecule has 170 valence electrons. The van der Waals surface area contributed by atoms with Crippen LogP contribution in [0.25, 0.3) is 0 Å². The fraction of sp³-hybridized carbons (Fsp3) is 0.591. The smallest absolute Gasteiger partial charge is 0.317 e. The average molecular weight is 468 g/mol. The Morgan fingerprint density at radius 3 is 2.61 bits per heavy atom. The minimum atomic E-state index is -0.700. The van der Waals surface area contributed by atoms with Gasteiger partial charge in [0.1, 0.15) is 5.54 Å². The van der Waals surface area contributed by atoms with Crippen molar-refractivity contribution in [3.05, 3.63) is 33.8 Å². The number of carbonyl (C=O) groups excluding carboxylic acids is 2. The zero-order chi connectivity index (χ0) is 22.8. The van der Waals surface area contributed by atoms with Crippen molar-refractivity contribution in [3.63, 3.8) is 0 Å². The van der Waals surface area contributed by atoms with Gasteiger partial charge in [0.2, 0.25) is 0 Å². The summed E-state index contributed by atoms with van der Waals surface area (Å²) in [5, 5.41) is 15.3. The summed E-state index contributed by atoms with van der Waals surface area (Å²) in [6, 6.07) is 5.09. The molecule has 3 amide bonds. The fourth-order valence-electron chi connectivity index (χ4n) is 4.44. The van der Waals surface area contributed by atoms with Crippen molar-refractivity contribution >= 4 is 41.1 Å². The Morgan fingerprint density at radius 2 is 2.00 bits per heavy atom. The van der Waals surface area contributed by atoms with Crippen molar-refractivity contribution in [2.75, 3.05) is 19.6 Å². The van der Waals surface area contributed by atoms with E-state index in [4.69, 9.17) is 28.6 Å². The second kappa shape index (κ2) is 9.65. The van der Waals surface area contributed by atoms with Crippen LogP contribution in [0.1, 0.15) is 45.6 Å². The van der Waals surface area contributed by atoms with Crippen LogP contribution in [0.2, 0.25) is 10.0 Å². The summed E-state index contributed by atoms with van der Waals surface area (Å²) < 4.78 is 0. The molecule has 2 saturated heterocycles. The summed E-state index contributed by atoms with van der Waals surface area (Å²) in [7, 11) is 0. The Hall–Kier alpha value is -1.99. The van der Waals surface area contributed by atoms with Gasteiger partial charge in [0.25, 0.3) is 5.91 Å². The maximum atomic E-state index is 12.9. The molecule has 2 heterocycles. The Balaban J connectivity index is 1.47. The molecule has 2 aliphatic rings. The number of nitrogens with zero attached hydrogens (tertiary/aromatic N) is 2. The molecule has 1 atom stereocenters. The lowest BCUT2D eigenvalue weighted by atomic mass is 9.90. The molecule has 0 bridgehead atoms. The minimum Gasteiger partial charge on any atom is -0.342 e. The number of piperidine rings is 1. The van der Waals surface area contributed by atoms with E-state index in [2.05, 4.69) is 24.5 Å². The first kappa shape index (κ1) is 23.7. The van der Waals surface area contributed by atoms with Gasteiger partial charge in [-0.2, -0.15) is 0 Å². The molecule has 3 rings (SSSR count). The highest BCUT2D eigenvalue weighted by molar-refractivity contribution is 6.35. The maximum absolute atomic E-state index is 12.9. The third-order valence-electron chi connectivity index (χ3n) is 5.99. The predicted molar refractivity (Wildman–Crippen MR) is 123 cm³/mol.